The number of carbonyl (C=O) groups is 2. The van der Waals surface area contributed by atoms with E-state index in [0.717, 1.165) is 57.7 Å². The molecule has 4 N–H and O–H groups in total. The Labute approximate surface area is 266 Å². The van der Waals surface area contributed by atoms with E-state index in [4.69, 9.17) is 4.98 Å². The van der Waals surface area contributed by atoms with Gasteiger partial charge >= 0.3 is 0 Å². The van der Waals surface area contributed by atoms with Crippen molar-refractivity contribution in [2.24, 2.45) is 0 Å². The van der Waals surface area contributed by atoms with Gasteiger partial charge in [0.2, 0.25) is 0 Å². The molecule has 16 heteroatoms. The lowest BCUT2D eigenvalue weighted by atomic mass is 10.1. The van der Waals surface area contributed by atoms with E-state index in [1.807, 2.05) is 42.5 Å². The van der Waals surface area contributed by atoms with Gasteiger partial charge in [-0.3, -0.25) is 9.59 Å². The van der Waals surface area contributed by atoms with Crippen molar-refractivity contribution >= 4 is 22.8 Å². The lowest BCUT2D eigenvalue weighted by Gasteiger charge is -2.21. The van der Waals surface area contributed by atoms with Crippen LogP contribution in [0.15, 0.2) is 60.8 Å². The van der Waals surface area contributed by atoms with Crippen molar-refractivity contribution in [3.05, 3.63) is 95.2 Å². The highest BCUT2D eigenvalue weighted by Crippen LogP contribution is 2.35. The van der Waals surface area contributed by atoms with Crippen LogP contribution in [0.1, 0.15) is 75.4 Å². The molecule has 232 valence electrons. The first-order chi connectivity index (χ1) is 23.0. The van der Waals surface area contributed by atoms with E-state index in [1.165, 1.54) is 0 Å². The summed E-state index contributed by atoms with van der Waals surface area (Å²) >= 11 is 0. The maximum atomic E-state index is 13.0. The molecule has 2 fully saturated rings. The average molecular weight is 627 g/mol. The highest BCUT2D eigenvalue weighted by Gasteiger charge is 2.36. The number of aromatic nitrogens is 12. The van der Waals surface area contributed by atoms with Crippen LogP contribution in [0.25, 0.3) is 22.3 Å². The molecule has 8 rings (SSSR count). The third-order valence-electron chi connectivity index (χ3n) is 8.37. The number of benzene rings is 2. The molecule has 2 atom stereocenters. The summed E-state index contributed by atoms with van der Waals surface area (Å²) in [5.41, 5.74) is 6.00. The van der Waals surface area contributed by atoms with Crippen molar-refractivity contribution in [2.45, 2.75) is 31.3 Å². The first-order valence-corrected chi connectivity index (χ1v) is 14.9. The van der Waals surface area contributed by atoms with Crippen molar-refractivity contribution in [3.8, 4) is 23.1 Å². The summed E-state index contributed by atoms with van der Waals surface area (Å²) < 4.78 is 0. The van der Waals surface area contributed by atoms with Crippen LogP contribution in [-0.4, -0.2) is 95.9 Å². The molecule has 47 heavy (non-hydrogen) atoms. The number of carbonyl (C=O) groups excluding carboxylic acids is 2. The maximum absolute atomic E-state index is 13.0. The molecule has 4 aromatic heterocycles. The van der Waals surface area contributed by atoms with Crippen LogP contribution in [0.3, 0.4) is 0 Å². The van der Waals surface area contributed by atoms with Crippen LogP contribution in [0, 0.1) is 11.8 Å². The number of aromatic amines is 4. The zero-order valence-electron chi connectivity index (χ0n) is 24.8. The Balaban J connectivity index is 0.964. The fraction of sp³-hybridized carbons (Fsp3) is 0.226. The summed E-state index contributed by atoms with van der Waals surface area (Å²) in [4.78, 5) is 45.3. The number of amides is 2. The quantitative estimate of drug-likeness (QED) is 0.162. The third kappa shape index (κ3) is 5.29. The molecule has 2 aromatic carbocycles. The molecule has 6 aromatic rings. The highest BCUT2D eigenvalue weighted by atomic mass is 16.2. The molecule has 0 bridgehead atoms. The van der Waals surface area contributed by atoms with Crippen molar-refractivity contribution in [1.82, 2.24) is 71.0 Å². The van der Waals surface area contributed by atoms with Gasteiger partial charge in [-0.25, -0.2) is 9.97 Å². The molecular weight excluding hydrogens is 600 g/mol. The molecule has 0 spiro atoms. The number of rotatable bonds is 5. The Morgan fingerprint density at radius 3 is 2.32 bits per heavy atom. The summed E-state index contributed by atoms with van der Waals surface area (Å²) in [5, 5.41) is 27.0. The van der Waals surface area contributed by atoms with Crippen LogP contribution in [-0.2, 0) is 0 Å². The summed E-state index contributed by atoms with van der Waals surface area (Å²) in [5.74, 6) is 7.31. The predicted octanol–water partition coefficient (Wildman–Crippen LogP) is 2.50. The number of H-pyrrole nitrogens is 4. The van der Waals surface area contributed by atoms with E-state index in [1.54, 1.807) is 16.0 Å². The van der Waals surface area contributed by atoms with E-state index in [2.05, 4.69) is 74.6 Å². The highest BCUT2D eigenvalue weighted by molar-refractivity contribution is 5.91. The minimum absolute atomic E-state index is 0.00651. The standard InChI is InChI=1S/C31H26N14O2/c1-17-13-25(45(16-17)31(47)29-38-42-43-39-29)27-33-21-11-8-19(14-22(21)34-27)5-4-18-6-9-20(10-7-18)23-15-32-26(35-23)24-3-2-12-44(24)30(46)28-36-40-41-37-28/h6-11,14-15,24-25H,1-3,12-13,16H2,(H,32,35)(H,33,34)(H,36,37,40,41)(H,38,39,42,43)/t24-,25-/m0/s1. The topological polar surface area (TPSA) is 207 Å². The summed E-state index contributed by atoms with van der Waals surface area (Å²) in [6.45, 7) is 5.08. The minimum Gasteiger partial charge on any atom is -0.340 e. The first kappa shape index (κ1) is 28.0. The van der Waals surface area contributed by atoms with Crippen LogP contribution in [0.4, 0.5) is 0 Å². The Kier molecular flexibility index (Phi) is 6.82. The SMILES string of the molecule is C=C1C[C@@H](c2nc3ccc(C#Cc4ccc(-c5cnc([C@@H]6CCCN6C(=O)c6nn[nH]n6)[nH]5)cc4)cc3[nH]2)N(C(=O)c2nn[nH]n2)C1. The van der Waals surface area contributed by atoms with Crippen molar-refractivity contribution in [1.29, 1.82) is 0 Å². The van der Waals surface area contributed by atoms with Crippen molar-refractivity contribution in [2.75, 3.05) is 13.1 Å². The van der Waals surface area contributed by atoms with Gasteiger partial charge in [0, 0.05) is 24.2 Å². The van der Waals surface area contributed by atoms with Crippen LogP contribution < -0.4 is 0 Å². The second kappa shape index (κ2) is 11.5. The maximum Gasteiger partial charge on any atom is 0.296 e. The van der Waals surface area contributed by atoms with E-state index in [-0.39, 0.29) is 35.5 Å². The normalized spacial score (nSPS) is 17.7. The van der Waals surface area contributed by atoms with Gasteiger partial charge in [0.05, 0.1) is 35.0 Å². The second-order valence-electron chi connectivity index (χ2n) is 11.4. The summed E-state index contributed by atoms with van der Waals surface area (Å²) in [7, 11) is 0. The van der Waals surface area contributed by atoms with Crippen molar-refractivity contribution < 1.29 is 9.59 Å². The largest absolute Gasteiger partial charge is 0.340 e. The smallest absolute Gasteiger partial charge is 0.296 e. The molecule has 0 unspecified atom stereocenters. The summed E-state index contributed by atoms with van der Waals surface area (Å²) in [6, 6.07) is 13.2. The monoisotopic (exact) mass is 626 g/mol. The minimum atomic E-state index is -0.331. The summed E-state index contributed by atoms with van der Waals surface area (Å²) in [6.07, 6.45) is 4.03. The fourth-order valence-corrected chi connectivity index (χ4v) is 6.11. The lowest BCUT2D eigenvalue weighted by molar-refractivity contribution is 0.0712. The molecule has 0 aliphatic carbocycles. The van der Waals surface area contributed by atoms with Gasteiger partial charge in [0.1, 0.15) is 11.6 Å². The first-order valence-electron chi connectivity index (χ1n) is 14.9. The zero-order valence-corrected chi connectivity index (χ0v) is 24.8. The molecule has 2 aliphatic heterocycles. The van der Waals surface area contributed by atoms with Gasteiger partial charge in [0.25, 0.3) is 23.5 Å². The number of nitrogens with zero attached hydrogens (tertiary/aromatic N) is 10. The lowest BCUT2D eigenvalue weighted by Crippen LogP contribution is -2.32. The molecular formula is C31H26N14O2. The average Bonchev–Trinajstić information content (AvgIpc) is 3.94. The van der Waals surface area contributed by atoms with Gasteiger partial charge < -0.3 is 19.8 Å². The third-order valence-corrected chi connectivity index (χ3v) is 8.37. The molecule has 2 amide bonds. The molecule has 2 aliphatic rings. The van der Waals surface area contributed by atoms with E-state index in [0.29, 0.717) is 25.3 Å². The molecule has 16 nitrogen and oxygen atoms in total. The molecule has 2 saturated heterocycles. The predicted molar refractivity (Wildman–Crippen MR) is 165 cm³/mol. The number of fused-ring (bicyclic) bond motifs is 1. The van der Waals surface area contributed by atoms with E-state index >= 15 is 0 Å². The molecule has 0 saturated carbocycles. The zero-order chi connectivity index (χ0) is 31.9. The molecule has 0 radical (unpaired) electrons. The van der Waals surface area contributed by atoms with E-state index < -0.39 is 0 Å². The van der Waals surface area contributed by atoms with Gasteiger partial charge in [0.15, 0.2) is 0 Å². The number of likely N-dealkylation sites (tertiary alicyclic amines) is 2. The number of imidazole rings is 2. The van der Waals surface area contributed by atoms with Gasteiger partial charge in [-0.05, 0) is 65.6 Å². The Bertz CT molecular complexity index is 2170. The Morgan fingerprint density at radius 2 is 1.57 bits per heavy atom. The van der Waals surface area contributed by atoms with Crippen LogP contribution >= 0.6 is 0 Å². The Hall–Kier alpha value is -6.50. The number of tetrazole rings is 2. The van der Waals surface area contributed by atoms with E-state index in [9.17, 15) is 9.59 Å². The second-order valence-corrected chi connectivity index (χ2v) is 11.4. The van der Waals surface area contributed by atoms with Gasteiger partial charge in [-0.15, -0.1) is 20.4 Å². The van der Waals surface area contributed by atoms with Gasteiger partial charge in [-0.2, -0.15) is 10.4 Å². The van der Waals surface area contributed by atoms with Crippen LogP contribution in [0.2, 0.25) is 0 Å². The van der Waals surface area contributed by atoms with Gasteiger partial charge in [-0.1, -0.05) is 36.1 Å². The molecule has 6 heterocycles. The Morgan fingerprint density at radius 1 is 0.851 bits per heavy atom. The van der Waals surface area contributed by atoms with Crippen LogP contribution in [0.5, 0.6) is 0 Å². The number of hydrogen-bond donors (Lipinski definition) is 4. The fourth-order valence-electron chi connectivity index (χ4n) is 6.11. The number of hydrogen-bond acceptors (Lipinski definition) is 10. The van der Waals surface area contributed by atoms with Crippen molar-refractivity contribution in [3.63, 3.8) is 0 Å². The number of nitrogens with one attached hydrogen (secondary N) is 4.